The van der Waals surface area contributed by atoms with Crippen molar-refractivity contribution in [1.29, 1.82) is 0 Å². The quantitative estimate of drug-likeness (QED) is 0.627. The van der Waals surface area contributed by atoms with Gasteiger partial charge in [-0.05, 0) is 18.6 Å². The predicted octanol–water partition coefficient (Wildman–Crippen LogP) is 2.75. The first-order valence-corrected chi connectivity index (χ1v) is 7.56. The number of carbonyl (C=O) groups is 1. The highest BCUT2D eigenvalue weighted by molar-refractivity contribution is 7.99. The Kier molecular flexibility index (Phi) is 5.61. The van der Waals surface area contributed by atoms with E-state index in [9.17, 15) is 4.79 Å². The van der Waals surface area contributed by atoms with E-state index < -0.39 is 0 Å². The minimum Gasteiger partial charge on any atom is -0.411 e. The van der Waals surface area contributed by atoms with Gasteiger partial charge in [0, 0.05) is 12.1 Å². The number of nitrogens with one attached hydrogen (secondary N) is 1. The number of hydrogen-bond acceptors (Lipinski definition) is 5. The van der Waals surface area contributed by atoms with Crippen molar-refractivity contribution >= 4 is 17.7 Å². The second-order valence-corrected chi connectivity index (χ2v) is 5.16. The normalized spacial score (nSPS) is 10.4. The zero-order valence-corrected chi connectivity index (χ0v) is 12.2. The van der Waals surface area contributed by atoms with E-state index in [0.717, 1.165) is 24.9 Å². The number of thioether (sulfide) groups is 1. The summed E-state index contributed by atoms with van der Waals surface area (Å²) in [6.45, 7) is 2.81. The minimum absolute atomic E-state index is 0.0112. The van der Waals surface area contributed by atoms with Crippen molar-refractivity contribution in [3.63, 3.8) is 0 Å². The lowest BCUT2D eigenvalue weighted by atomic mass is 10.2. The maximum absolute atomic E-state index is 11.5. The van der Waals surface area contributed by atoms with Gasteiger partial charge in [-0.1, -0.05) is 43.3 Å². The molecule has 0 unspecified atom stereocenters. The van der Waals surface area contributed by atoms with Gasteiger partial charge in [-0.25, -0.2) is 0 Å². The zero-order chi connectivity index (χ0) is 14.2. The van der Waals surface area contributed by atoms with Crippen LogP contribution in [0.15, 0.2) is 40.0 Å². The van der Waals surface area contributed by atoms with E-state index in [1.54, 1.807) is 0 Å². The van der Waals surface area contributed by atoms with E-state index in [-0.39, 0.29) is 5.91 Å². The van der Waals surface area contributed by atoms with Crippen molar-refractivity contribution in [2.75, 3.05) is 12.3 Å². The number of benzene rings is 1. The molecule has 0 saturated heterocycles. The second-order valence-electron chi connectivity index (χ2n) is 4.23. The molecule has 106 valence electrons. The molecule has 1 heterocycles. The number of aromatic nitrogens is 2. The molecule has 1 aromatic heterocycles. The summed E-state index contributed by atoms with van der Waals surface area (Å²) in [4.78, 5) is 11.5. The van der Waals surface area contributed by atoms with Crippen LogP contribution in [-0.2, 0) is 4.79 Å². The van der Waals surface area contributed by atoms with Crippen LogP contribution in [0.3, 0.4) is 0 Å². The second kappa shape index (κ2) is 7.69. The fourth-order valence-corrected chi connectivity index (χ4v) is 2.14. The SMILES string of the molecule is CCCCNC(=O)CSc1nnc(-c2ccccc2)o1. The molecule has 0 aliphatic carbocycles. The Bertz CT molecular complexity index is 542. The third kappa shape index (κ3) is 4.38. The molecule has 5 nitrogen and oxygen atoms in total. The number of hydrogen-bond donors (Lipinski definition) is 1. The van der Waals surface area contributed by atoms with Crippen molar-refractivity contribution in [2.24, 2.45) is 0 Å². The van der Waals surface area contributed by atoms with Crippen LogP contribution in [0.4, 0.5) is 0 Å². The van der Waals surface area contributed by atoms with E-state index >= 15 is 0 Å². The maximum atomic E-state index is 11.5. The fraction of sp³-hybridized carbons (Fsp3) is 0.357. The molecule has 1 aromatic carbocycles. The molecule has 0 saturated carbocycles. The molecule has 0 atom stereocenters. The van der Waals surface area contributed by atoms with Gasteiger partial charge in [-0.3, -0.25) is 4.79 Å². The molecule has 1 N–H and O–H groups in total. The van der Waals surface area contributed by atoms with Crippen molar-refractivity contribution < 1.29 is 9.21 Å². The first-order chi connectivity index (χ1) is 9.79. The Morgan fingerprint density at radius 3 is 2.85 bits per heavy atom. The van der Waals surface area contributed by atoms with E-state index in [1.807, 2.05) is 30.3 Å². The van der Waals surface area contributed by atoms with E-state index in [4.69, 9.17) is 4.42 Å². The molecule has 0 aliphatic heterocycles. The Hall–Kier alpha value is -1.82. The maximum Gasteiger partial charge on any atom is 0.277 e. The van der Waals surface area contributed by atoms with Crippen LogP contribution in [0.25, 0.3) is 11.5 Å². The summed E-state index contributed by atoms with van der Waals surface area (Å²) in [5.41, 5.74) is 0.874. The smallest absolute Gasteiger partial charge is 0.277 e. The zero-order valence-electron chi connectivity index (χ0n) is 11.3. The molecule has 2 rings (SSSR count). The third-order valence-electron chi connectivity index (χ3n) is 2.61. The fourth-order valence-electron chi connectivity index (χ4n) is 1.55. The van der Waals surface area contributed by atoms with Crippen LogP contribution >= 0.6 is 11.8 Å². The Labute approximate surface area is 122 Å². The van der Waals surface area contributed by atoms with Crippen molar-refractivity contribution in [3.05, 3.63) is 30.3 Å². The lowest BCUT2D eigenvalue weighted by Crippen LogP contribution is -2.25. The van der Waals surface area contributed by atoms with Gasteiger partial charge in [0.05, 0.1) is 5.75 Å². The highest BCUT2D eigenvalue weighted by Gasteiger charge is 2.10. The van der Waals surface area contributed by atoms with Crippen LogP contribution in [0.1, 0.15) is 19.8 Å². The highest BCUT2D eigenvalue weighted by Crippen LogP contribution is 2.22. The lowest BCUT2D eigenvalue weighted by molar-refractivity contribution is -0.118. The van der Waals surface area contributed by atoms with Gasteiger partial charge in [-0.15, -0.1) is 10.2 Å². The summed E-state index contributed by atoms with van der Waals surface area (Å²) in [6.07, 6.45) is 2.06. The van der Waals surface area contributed by atoms with Crippen LogP contribution in [0, 0.1) is 0 Å². The van der Waals surface area contributed by atoms with Crippen LogP contribution < -0.4 is 5.32 Å². The predicted molar refractivity (Wildman–Crippen MR) is 78.4 cm³/mol. The molecule has 20 heavy (non-hydrogen) atoms. The van der Waals surface area contributed by atoms with Crippen molar-refractivity contribution in [1.82, 2.24) is 15.5 Å². The number of amides is 1. The topological polar surface area (TPSA) is 68.0 Å². The van der Waals surface area contributed by atoms with Gasteiger partial charge in [0.2, 0.25) is 11.8 Å². The number of rotatable bonds is 7. The van der Waals surface area contributed by atoms with E-state index in [0.29, 0.717) is 16.9 Å². The number of nitrogens with zero attached hydrogens (tertiary/aromatic N) is 2. The molecule has 2 aromatic rings. The van der Waals surface area contributed by atoms with Crippen LogP contribution in [-0.4, -0.2) is 28.4 Å². The molecule has 0 spiro atoms. The average molecular weight is 291 g/mol. The van der Waals surface area contributed by atoms with Gasteiger partial charge in [-0.2, -0.15) is 0 Å². The number of carbonyl (C=O) groups excluding carboxylic acids is 1. The monoisotopic (exact) mass is 291 g/mol. The summed E-state index contributed by atoms with van der Waals surface area (Å²) in [5.74, 6) is 0.752. The Morgan fingerprint density at radius 2 is 2.10 bits per heavy atom. The van der Waals surface area contributed by atoms with Crippen molar-refractivity contribution in [3.8, 4) is 11.5 Å². The molecule has 0 radical (unpaired) electrons. The molecule has 1 amide bonds. The summed E-state index contributed by atoms with van der Waals surface area (Å²) in [6, 6.07) is 9.55. The summed E-state index contributed by atoms with van der Waals surface area (Å²) < 4.78 is 5.51. The van der Waals surface area contributed by atoms with Gasteiger partial charge in [0.15, 0.2) is 0 Å². The lowest BCUT2D eigenvalue weighted by Gasteiger charge is -2.01. The standard InChI is InChI=1S/C14H17N3O2S/c1-2-3-9-15-12(18)10-20-14-17-16-13(19-14)11-7-5-4-6-8-11/h4-8H,2-3,9-10H2,1H3,(H,15,18). The molecule has 6 heteroatoms. The van der Waals surface area contributed by atoms with Gasteiger partial charge in [0.1, 0.15) is 0 Å². The van der Waals surface area contributed by atoms with E-state index in [2.05, 4.69) is 22.4 Å². The molecule has 0 bridgehead atoms. The summed E-state index contributed by atoms with van der Waals surface area (Å²) in [7, 11) is 0. The Balaban J connectivity index is 1.83. The van der Waals surface area contributed by atoms with Gasteiger partial charge < -0.3 is 9.73 Å². The first kappa shape index (κ1) is 14.6. The summed E-state index contributed by atoms with van der Waals surface area (Å²) >= 11 is 1.25. The molecule has 0 aliphatic rings. The van der Waals surface area contributed by atoms with Crippen LogP contribution in [0.5, 0.6) is 0 Å². The molecule has 0 fully saturated rings. The highest BCUT2D eigenvalue weighted by atomic mass is 32.2. The first-order valence-electron chi connectivity index (χ1n) is 6.58. The minimum atomic E-state index is -0.0112. The summed E-state index contributed by atoms with van der Waals surface area (Å²) in [5, 5.41) is 11.2. The molecular formula is C14H17N3O2S. The van der Waals surface area contributed by atoms with Gasteiger partial charge in [0.25, 0.3) is 5.22 Å². The van der Waals surface area contributed by atoms with E-state index in [1.165, 1.54) is 11.8 Å². The van der Waals surface area contributed by atoms with Gasteiger partial charge >= 0.3 is 0 Å². The number of unbranched alkanes of at least 4 members (excludes halogenated alkanes) is 1. The third-order valence-corrected chi connectivity index (χ3v) is 3.42. The van der Waals surface area contributed by atoms with Crippen molar-refractivity contribution in [2.45, 2.75) is 25.0 Å². The largest absolute Gasteiger partial charge is 0.411 e. The Morgan fingerprint density at radius 1 is 1.30 bits per heavy atom. The molecular weight excluding hydrogens is 274 g/mol. The van der Waals surface area contributed by atoms with Crippen LogP contribution in [0.2, 0.25) is 0 Å². The average Bonchev–Trinajstić information content (AvgIpc) is 2.95.